The standard InChI is InChI=1S/C17H22N2O4S/c1-10-4-5-12-13(8-10)24-16-15(12)17(21)19(11(2)18-16)9-14(20)23-7-6-22-3/h10H,4-9H2,1-3H3. The average Bonchev–Trinajstić information content (AvgIpc) is 2.88. The lowest BCUT2D eigenvalue weighted by Crippen LogP contribution is -2.29. The van der Waals surface area contributed by atoms with E-state index in [1.807, 2.05) is 0 Å². The normalized spacial score (nSPS) is 17.0. The van der Waals surface area contributed by atoms with E-state index >= 15 is 0 Å². The Balaban J connectivity index is 1.95. The van der Waals surface area contributed by atoms with Gasteiger partial charge in [-0.25, -0.2) is 4.98 Å². The molecule has 1 atom stereocenters. The Kier molecular flexibility index (Phi) is 5.01. The number of fused-ring (bicyclic) bond motifs is 3. The van der Waals surface area contributed by atoms with Crippen LogP contribution in [0.1, 0.15) is 29.6 Å². The highest BCUT2D eigenvalue weighted by Gasteiger charge is 2.24. The van der Waals surface area contributed by atoms with Crippen molar-refractivity contribution >= 4 is 27.5 Å². The molecule has 0 saturated carbocycles. The molecule has 6 nitrogen and oxygen atoms in total. The number of hydrogen-bond acceptors (Lipinski definition) is 6. The average molecular weight is 350 g/mol. The van der Waals surface area contributed by atoms with Crippen molar-refractivity contribution in [2.24, 2.45) is 5.92 Å². The largest absolute Gasteiger partial charge is 0.462 e. The minimum Gasteiger partial charge on any atom is -0.462 e. The van der Waals surface area contributed by atoms with Gasteiger partial charge in [0.2, 0.25) is 0 Å². The molecule has 0 fully saturated rings. The van der Waals surface area contributed by atoms with Crippen molar-refractivity contribution in [3.63, 3.8) is 0 Å². The summed E-state index contributed by atoms with van der Waals surface area (Å²) in [5.74, 6) is 0.739. The van der Waals surface area contributed by atoms with E-state index in [9.17, 15) is 9.59 Å². The van der Waals surface area contributed by atoms with Crippen LogP contribution in [0, 0.1) is 12.8 Å². The van der Waals surface area contributed by atoms with E-state index in [1.165, 1.54) is 9.44 Å². The summed E-state index contributed by atoms with van der Waals surface area (Å²) in [6, 6.07) is 0. The first-order chi connectivity index (χ1) is 11.5. The maximum absolute atomic E-state index is 12.9. The van der Waals surface area contributed by atoms with Gasteiger partial charge in [-0.05, 0) is 37.7 Å². The third-order valence-electron chi connectivity index (χ3n) is 4.44. The van der Waals surface area contributed by atoms with Gasteiger partial charge in [-0.3, -0.25) is 14.2 Å². The third kappa shape index (κ3) is 3.23. The van der Waals surface area contributed by atoms with E-state index in [1.54, 1.807) is 25.4 Å². The Morgan fingerprint density at radius 1 is 1.42 bits per heavy atom. The predicted octanol–water partition coefficient (Wildman–Crippen LogP) is 2.08. The van der Waals surface area contributed by atoms with Crippen LogP contribution in [0.25, 0.3) is 10.2 Å². The van der Waals surface area contributed by atoms with Gasteiger partial charge in [-0.2, -0.15) is 0 Å². The summed E-state index contributed by atoms with van der Waals surface area (Å²) < 4.78 is 11.3. The SMILES string of the molecule is COCCOC(=O)Cn1c(C)nc2sc3c(c2c1=O)CCC(C)C3. The number of nitrogens with zero attached hydrogens (tertiary/aromatic N) is 2. The number of aromatic nitrogens is 2. The monoisotopic (exact) mass is 350 g/mol. The molecule has 2 heterocycles. The van der Waals surface area contributed by atoms with Crippen molar-refractivity contribution in [1.82, 2.24) is 9.55 Å². The smallest absolute Gasteiger partial charge is 0.326 e. The number of aryl methyl sites for hydroxylation is 2. The maximum atomic E-state index is 12.9. The van der Waals surface area contributed by atoms with E-state index in [-0.39, 0.29) is 18.7 Å². The second kappa shape index (κ2) is 7.03. The number of carbonyl (C=O) groups excluding carboxylic acids is 1. The van der Waals surface area contributed by atoms with Crippen molar-refractivity contribution in [3.05, 3.63) is 26.6 Å². The Hall–Kier alpha value is -1.73. The van der Waals surface area contributed by atoms with E-state index in [0.29, 0.717) is 23.7 Å². The molecule has 3 rings (SSSR count). The van der Waals surface area contributed by atoms with Crippen LogP contribution in [-0.4, -0.2) is 35.8 Å². The lowest BCUT2D eigenvalue weighted by atomic mass is 9.89. The second-order valence-corrected chi connectivity index (χ2v) is 7.38. The molecule has 0 bridgehead atoms. The second-order valence-electron chi connectivity index (χ2n) is 6.30. The number of methoxy groups -OCH3 is 1. The highest BCUT2D eigenvalue weighted by atomic mass is 32.1. The number of thiophene rings is 1. The Bertz CT molecular complexity index is 824. The molecule has 24 heavy (non-hydrogen) atoms. The highest BCUT2D eigenvalue weighted by molar-refractivity contribution is 7.18. The summed E-state index contributed by atoms with van der Waals surface area (Å²) in [4.78, 5) is 31.5. The summed E-state index contributed by atoms with van der Waals surface area (Å²) in [6.07, 6.45) is 3.01. The Morgan fingerprint density at radius 2 is 2.21 bits per heavy atom. The Morgan fingerprint density at radius 3 is 2.96 bits per heavy atom. The van der Waals surface area contributed by atoms with Gasteiger partial charge in [0.05, 0.1) is 12.0 Å². The number of carbonyl (C=O) groups is 1. The molecule has 130 valence electrons. The van der Waals surface area contributed by atoms with Crippen LogP contribution in [0.5, 0.6) is 0 Å². The summed E-state index contributed by atoms with van der Waals surface area (Å²) in [7, 11) is 1.54. The first-order valence-electron chi connectivity index (χ1n) is 8.17. The quantitative estimate of drug-likeness (QED) is 0.610. The van der Waals surface area contributed by atoms with E-state index in [4.69, 9.17) is 9.47 Å². The molecule has 1 aliphatic rings. The molecule has 0 aromatic carbocycles. The zero-order valence-electron chi connectivity index (χ0n) is 14.3. The molecule has 0 radical (unpaired) electrons. The number of esters is 1. The third-order valence-corrected chi connectivity index (χ3v) is 5.59. The van der Waals surface area contributed by atoms with Gasteiger partial charge in [0.15, 0.2) is 0 Å². The van der Waals surface area contributed by atoms with Gasteiger partial charge in [-0.1, -0.05) is 6.92 Å². The van der Waals surface area contributed by atoms with Crippen LogP contribution in [0.4, 0.5) is 0 Å². The van der Waals surface area contributed by atoms with Crippen molar-refractivity contribution in [3.8, 4) is 0 Å². The molecular weight excluding hydrogens is 328 g/mol. The van der Waals surface area contributed by atoms with Gasteiger partial charge >= 0.3 is 5.97 Å². The zero-order valence-corrected chi connectivity index (χ0v) is 15.1. The molecule has 2 aromatic rings. The molecule has 0 spiro atoms. The first-order valence-corrected chi connectivity index (χ1v) is 8.99. The van der Waals surface area contributed by atoms with Crippen molar-refractivity contribution < 1.29 is 14.3 Å². The molecule has 1 aliphatic carbocycles. The molecule has 0 aliphatic heterocycles. The van der Waals surface area contributed by atoms with Gasteiger partial charge in [-0.15, -0.1) is 11.3 Å². The number of hydrogen-bond donors (Lipinski definition) is 0. The topological polar surface area (TPSA) is 70.4 Å². The number of rotatable bonds is 5. The number of ether oxygens (including phenoxy) is 2. The maximum Gasteiger partial charge on any atom is 0.326 e. The summed E-state index contributed by atoms with van der Waals surface area (Å²) >= 11 is 1.62. The lowest BCUT2D eigenvalue weighted by Gasteiger charge is -2.17. The van der Waals surface area contributed by atoms with Gasteiger partial charge < -0.3 is 9.47 Å². The van der Waals surface area contributed by atoms with Crippen molar-refractivity contribution in [1.29, 1.82) is 0 Å². The van der Waals surface area contributed by atoms with Crippen LogP contribution >= 0.6 is 11.3 Å². The molecular formula is C17H22N2O4S. The van der Waals surface area contributed by atoms with Crippen LogP contribution < -0.4 is 5.56 Å². The fourth-order valence-corrected chi connectivity index (χ4v) is 4.54. The van der Waals surface area contributed by atoms with Gasteiger partial charge in [0.1, 0.15) is 23.8 Å². The van der Waals surface area contributed by atoms with Crippen LogP contribution in [0.2, 0.25) is 0 Å². The van der Waals surface area contributed by atoms with E-state index in [0.717, 1.165) is 29.7 Å². The van der Waals surface area contributed by atoms with Crippen molar-refractivity contribution in [2.75, 3.05) is 20.3 Å². The fraction of sp³-hybridized carbons (Fsp3) is 0.588. The molecule has 1 unspecified atom stereocenters. The van der Waals surface area contributed by atoms with Gasteiger partial charge in [0.25, 0.3) is 5.56 Å². The van der Waals surface area contributed by atoms with Crippen LogP contribution in [0.3, 0.4) is 0 Å². The molecule has 0 N–H and O–H groups in total. The summed E-state index contributed by atoms with van der Waals surface area (Å²) in [6.45, 7) is 4.40. The highest BCUT2D eigenvalue weighted by Crippen LogP contribution is 2.35. The molecule has 0 amide bonds. The first kappa shape index (κ1) is 17.1. The molecule has 2 aromatic heterocycles. The predicted molar refractivity (Wildman–Crippen MR) is 92.6 cm³/mol. The fourth-order valence-electron chi connectivity index (χ4n) is 3.12. The summed E-state index contributed by atoms with van der Waals surface area (Å²) in [5, 5.41) is 0.692. The zero-order chi connectivity index (χ0) is 17.3. The Labute approximate surface area is 144 Å². The minimum atomic E-state index is -0.448. The van der Waals surface area contributed by atoms with Crippen LogP contribution in [-0.2, 0) is 33.7 Å². The van der Waals surface area contributed by atoms with Gasteiger partial charge in [0, 0.05) is 12.0 Å². The minimum absolute atomic E-state index is 0.113. The molecule has 7 heteroatoms. The van der Waals surface area contributed by atoms with E-state index in [2.05, 4.69) is 11.9 Å². The van der Waals surface area contributed by atoms with Crippen molar-refractivity contribution in [2.45, 2.75) is 39.7 Å². The van der Waals surface area contributed by atoms with E-state index < -0.39 is 5.97 Å². The summed E-state index contributed by atoms with van der Waals surface area (Å²) in [5.41, 5.74) is 1.00. The molecule has 0 saturated heterocycles. The lowest BCUT2D eigenvalue weighted by molar-refractivity contribution is -0.145. The van der Waals surface area contributed by atoms with Crippen LogP contribution in [0.15, 0.2) is 4.79 Å².